The molecule has 1 aliphatic carbocycles. The summed E-state index contributed by atoms with van der Waals surface area (Å²) in [4.78, 5) is 6.78. The highest BCUT2D eigenvalue weighted by Crippen LogP contribution is 2.27. The molecule has 2 aromatic carbocycles. The lowest BCUT2D eigenvalue weighted by Crippen LogP contribution is -2.37. The van der Waals surface area contributed by atoms with E-state index in [9.17, 15) is 8.42 Å². The zero-order valence-electron chi connectivity index (χ0n) is 16.7. The number of likely N-dealkylation sites (tertiary alicyclic amines) is 1. The Kier molecular flexibility index (Phi) is 5.18. The molecular weight excluding hydrogens is 398 g/mol. The van der Waals surface area contributed by atoms with E-state index in [4.69, 9.17) is 4.74 Å². The SMILES string of the molecule is O=S(=O)(N[C@@H]1CCN(Cc2ccc(OC3CC3)cc2)C1)c1cnc2ccccc2c1. The first-order valence-electron chi connectivity index (χ1n) is 10.4. The number of hydrogen-bond donors (Lipinski definition) is 1. The molecule has 30 heavy (non-hydrogen) atoms. The third kappa shape index (κ3) is 4.48. The second kappa shape index (κ2) is 7.98. The van der Waals surface area contributed by atoms with Crippen LogP contribution in [-0.2, 0) is 16.6 Å². The number of fused-ring (bicyclic) bond motifs is 1. The van der Waals surface area contributed by atoms with Crippen molar-refractivity contribution in [2.45, 2.75) is 42.8 Å². The number of benzene rings is 2. The number of ether oxygens (including phenoxy) is 1. The van der Waals surface area contributed by atoms with Crippen molar-refractivity contribution in [3.63, 3.8) is 0 Å². The molecule has 1 aliphatic heterocycles. The summed E-state index contributed by atoms with van der Waals surface area (Å²) in [5.74, 6) is 0.928. The monoisotopic (exact) mass is 423 g/mol. The van der Waals surface area contributed by atoms with E-state index in [2.05, 4.69) is 26.7 Å². The van der Waals surface area contributed by atoms with Crippen molar-refractivity contribution in [2.75, 3.05) is 13.1 Å². The number of pyridine rings is 1. The lowest BCUT2D eigenvalue weighted by molar-refractivity contribution is 0.302. The Bertz CT molecular complexity index is 1140. The highest BCUT2D eigenvalue weighted by atomic mass is 32.2. The Morgan fingerprint density at radius 1 is 1.07 bits per heavy atom. The van der Waals surface area contributed by atoms with Gasteiger partial charge < -0.3 is 4.74 Å². The third-order valence-electron chi connectivity index (χ3n) is 5.63. The Labute approximate surface area is 176 Å². The summed E-state index contributed by atoms with van der Waals surface area (Å²) < 4.78 is 34.3. The van der Waals surface area contributed by atoms with Crippen molar-refractivity contribution in [2.24, 2.45) is 0 Å². The maximum absolute atomic E-state index is 12.8. The number of hydrogen-bond acceptors (Lipinski definition) is 5. The summed E-state index contributed by atoms with van der Waals surface area (Å²) in [6.07, 6.45) is 4.94. The van der Waals surface area contributed by atoms with Gasteiger partial charge in [-0.1, -0.05) is 30.3 Å². The van der Waals surface area contributed by atoms with Crippen LogP contribution in [0.2, 0.25) is 0 Å². The normalized spacial score (nSPS) is 19.9. The molecule has 1 atom stereocenters. The number of rotatable bonds is 7. The van der Waals surface area contributed by atoms with Crippen LogP contribution in [0.25, 0.3) is 10.9 Å². The molecular formula is C23H25N3O3S. The van der Waals surface area contributed by atoms with Gasteiger partial charge in [-0.2, -0.15) is 0 Å². The maximum Gasteiger partial charge on any atom is 0.242 e. The molecule has 3 aromatic rings. The van der Waals surface area contributed by atoms with Crippen LogP contribution >= 0.6 is 0 Å². The molecule has 0 unspecified atom stereocenters. The van der Waals surface area contributed by atoms with Crippen LogP contribution in [0.4, 0.5) is 0 Å². The number of para-hydroxylation sites is 1. The van der Waals surface area contributed by atoms with Crippen LogP contribution in [0.1, 0.15) is 24.8 Å². The summed E-state index contributed by atoms with van der Waals surface area (Å²) in [6.45, 7) is 2.36. The summed E-state index contributed by atoms with van der Waals surface area (Å²) in [7, 11) is -3.60. The molecule has 6 nitrogen and oxygen atoms in total. The van der Waals surface area contributed by atoms with Gasteiger partial charge in [0.2, 0.25) is 10.0 Å². The van der Waals surface area contributed by atoms with Crippen LogP contribution in [0.3, 0.4) is 0 Å². The molecule has 2 heterocycles. The number of sulfonamides is 1. The lowest BCUT2D eigenvalue weighted by Gasteiger charge is -2.17. The van der Waals surface area contributed by atoms with Gasteiger partial charge >= 0.3 is 0 Å². The van der Waals surface area contributed by atoms with Gasteiger partial charge in [-0.25, -0.2) is 13.1 Å². The molecule has 5 rings (SSSR count). The molecule has 0 spiro atoms. The summed E-state index contributed by atoms with van der Waals surface area (Å²) in [5, 5.41) is 0.822. The van der Waals surface area contributed by atoms with Crippen molar-refractivity contribution in [3.05, 3.63) is 66.4 Å². The van der Waals surface area contributed by atoms with E-state index in [1.54, 1.807) is 6.07 Å². The topological polar surface area (TPSA) is 71.5 Å². The van der Waals surface area contributed by atoms with E-state index in [0.29, 0.717) is 12.6 Å². The fourth-order valence-electron chi connectivity index (χ4n) is 3.87. The second-order valence-electron chi connectivity index (χ2n) is 8.17. The molecule has 7 heteroatoms. The number of aromatic nitrogens is 1. The first-order valence-corrected chi connectivity index (χ1v) is 11.9. The van der Waals surface area contributed by atoms with Crippen molar-refractivity contribution < 1.29 is 13.2 Å². The van der Waals surface area contributed by atoms with Crippen molar-refractivity contribution in [1.82, 2.24) is 14.6 Å². The molecule has 0 radical (unpaired) electrons. The van der Waals surface area contributed by atoms with Crippen molar-refractivity contribution >= 4 is 20.9 Å². The van der Waals surface area contributed by atoms with E-state index in [1.807, 2.05) is 36.4 Å². The molecule has 2 fully saturated rings. The van der Waals surface area contributed by atoms with Crippen LogP contribution < -0.4 is 9.46 Å². The molecule has 1 N–H and O–H groups in total. The van der Waals surface area contributed by atoms with Gasteiger partial charge in [0, 0.05) is 37.3 Å². The molecule has 156 valence electrons. The Morgan fingerprint density at radius 3 is 2.67 bits per heavy atom. The minimum absolute atomic E-state index is 0.0982. The highest BCUT2D eigenvalue weighted by molar-refractivity contribution is 7.89. The van der Waals surface area contributed by atoms with Gasteiger partial charge in [0.05, 0.1) is 11.6 Å². The predicted molar refractivity (Wildman–Crippen MR) is 116 cm³/mol. The predicted octanol–water partition coefficient (Wildman–Crippen LogP) is 3.33. The van der Waals surface area contributed by atoms with Crippen molar-refractivity contribution in [1.29, 1.82) is 0 Å². The second-order valence-corrected chi connectivity index (χ2v) is 9.88. The van der Waals surface area contributed by atoms with Crippen LogP contribution in [-0.4, -0.2) is 43.5 Å². The first-order chi connectivity index (χ1) is 14.5. The molecule has 2 aliphatic rings. The Morgan fingerprint density at radius 2 is 1.87 bits per heavy atom. The standard InChI is InChI=1S/C23H25N3O3S/c27-30(28,22-13-18-3-1-2-4-23(18)24-14-22)25-19-11-12-26(16-19)15-17-5-7-20(8-6-17)29-21-9-10-21/h1-8,13-14,19,21,25H,9-12,15-16H2/t19-/m1/s1. The zero-order valence-corrected chi connectivity index (χ0v) is 17.5. The van der Waals surface area contributed by atoms with E-state index >= 15 is 0 Å². The fraction of sp³-hybridized carbons (Fsp3) is 0.348. The minimum Gasteiger partial charge on any atom is -0.490 e. The van der Waals surface area contributed by atoms with Crippen LogP contribution in [0, 0.1) is 0 Å². The van der Waals surface area contributed by atoms with E-state index in [0.717, 1.165) is 49.0 Å². The summed E-state index contributed by atoms with van der Waals surface area (Å²) >= 11 is 0. The summed E-state index contributed by atoms with van der Waals surface area (Å²) in [5.41, 5.74) is 2.00. The molecule has 1 saturated carbocycles. The Balaban J connectivity index is 1.19. The van der Waals surface area contributed by atoms with E-state index < -0.39 is 10.0 Å². The van der Waals surface area contributed by atoms with Crippen molar-refractivity contribution in [3.8, 4) is 5.75 Å². The van der Waals surface area contributed by atoms with Gasteiger partial charge in [0.15, 0.2) is 0 Å². The number of nitrogens with one attached hydrogen (secondary N) is 1. The molecule has 1 saturated heterocycles. The third-order valence-corrected chi connectivity index (χ3v) is 7.11. The van der Waals surface area contributed by atoms with Gasteiger partial charge in [-0.05, 0) is 49.1 Å². The van der Waals surface area contributed by atoms with Gasteiger partial charge in [0.1, 0.15) is 10.6 Å². The average Bonchev–Trinajstić information content (AvgIpc) is 3.47. The quantitative estimate of drug-likeness (QED) is 0.631. The molecule has 0 bridgehead atoms. The van der Waals surface area contributed by atoms with Crippen LogP contribution in [0.15, 0.2) is 65.7 Å². The molecule has 0 amide bonds. The molecule has 1 aromatic heterocycles. The number of nitrogens with zero attached hydrogens (tertiary/aromatic N) is 2. The van der Waals surface area contributed by atoms with Gasteiger partial charge in [-0.3, -0.25) is 9.88 Å². The largest absolute Gasteiger partial charge is 0.490 e. The smallest absolute Gasteiger partial charge is 0.242 e. The summed E-state index contributed by atoms with van der Waals surface area (Å²) in [6, 6.07) is 17.3. The van der Waals surface area contributed by atoms with Gasteiger partial charge in [0.25, 0.3) is 0 Å². The lowest BCUT2D eigenvalue weighted by atomic mass is 10.2. The van der Waals surface area contributed by atoms with Gasteiger partial charge in [-0.15, -0.1) is 0 Å². The zero-order chi connectivity index (χ0) is 20.6. The maximum atomic E-state index is 12.8. The minimum atomic E-state index is -3.60. The highest BCUT2D eigenvalue weighted by Gasteiger charge is 2.28. The fourth-order valence-corrected chi connectivity index (χ4v) is 5.11. The van der Waals surface area contributed by atoms with Crippen LogP contribution in [0.5, 0.6) is 5.75 Å². The van der Waals surface area contributed by atoms with E-state index in [1.165, 1.54) is 11.8 Å². The first kappa shape index (κ1) is 19.5. The average molecular weight is 424 g/mol. The van der Waals surface area contributed by atoms with E-state index in [-0.39, 0.29) is 10.9 Å². The Hall–Kier alpha value is -2.48.